The van der Waals surface area contributed by atoms with E-state index in [0.29, 0.717) is 29.4 Å². The van der Waals surface area contributed by atoms with Gasteiger partial charge in [-0.25, -0.2) is 14.4 Å². The largest absolute Gasteiger partial charge is 0.476 e. The lowest BCUT2D eigenvalue weighted by atomic mass is 10.1. The van der Waals surface area contributed by atoms with Gasteiger partial charge in [0.25, 0.3) is 0 Å². The number of rotatable bonds is 5. The molecule has 7 heteroatoms. The molecule has 0 radical (unpaired) electrons. The van der Waals surface area contributed by atoms with Gasteiger partial charge in [0, 0.05) is 29.1 Å². The average Bonchev–Trinajstić information content (AvgIpc) is 3.35. The molecule has 3 heterocycles. The van der Waals surface area contributed by atoms with Gasteiger partial charge < -0.3 is 9.72 Å². The molecule has 5 nitrogen and oxygen atoms in total. The molecule has 138 valence electrons. The van der Waals surface area contributed by atoms with E-state index in [1.165, 1.54) is 34.4 Å². The summed E-state index contributed by atoms with van der Waals surface area (Å²) in [7, 11) is 0. The highest BCUT2D eigenvalue weighted by atomic mass is 32.1. The van der Waals surface area contributed by atoms with Crippen LogP contribution in [0.4, 0.5) is 4.39 Å². The number of nitrogens with one attached hydrogen (secondary N) is 1. The molecule has 0 saturated heterocycles. The quantitative estimate of drug-likeness (QED) is 0.459. The second kappa shape index (κ2) is 7.01. The molecule has 0 saturated carbocycles. The first-order chi connectivity index (χ1) is 13.8. The molecule has 5 rings (SSSR count). The van der Waals surface area contributed by atoms with E-state index in [1.807, 2.05) is 24.4 Å². The molecule has 0 spiro atoms. The molecular weight excluding hydrogens is 375 g/mol. The predicted octanol–water partition coefficient (Wildman–Crippen LogP) is 5.00. The van der Waals surface area contributed by atoms with E-state index in [9.17, 15) is 4.39 Å². The standard InChI is InChI=1S/C21H15FN4OS/c22-15-5-3-4-13(10-15)19-25-20(18-21(26-19)28-12-24-18)27-9-8-14-11-23-17-7-2-1-6-16(14)17/h1-7,10-12,23H,8-9H2. The third-order valence-corrected chi connectivity index (χ3v) is 5.25. The van der Waals surface area contributed by atoms with Crippen LogP contribution < -0.4 is 4.74 Å². The van der Waals surface area contributed by atoms with Crippen LogP contribution in [-0.2, 0) is 6.42 Å². The fraction of sp³-hybridized carbons (Fsp3) is 0.0952. The van der Waals surface area contributed by atoms with Crippen molar-refractivity contribution in [1.29, 1.82) is 0 Å². The number of H-pyrrole nitrogens is 1. The molecule has 0 aliphatic heterocycles. The number of nitrogens with zero attached hydrogens (tertiary/aromatic N) is 3. The summed E-state index contributed by atoms with van der Waals surface area (Å²) in [6.45, 7) is 0.452. The second-order valence-corrected chi connectivity index (χ2v) is 7.16. The van der Waals surface area contributed by atoms with Crippen molar-refractivity contribution in [1.82, 2.24) is 19.9 Å². The second-order valence-electron chi connectivity index (χ2n) is 6.33. The van der Waals surface area contributed by atoms with Gasteiger partial charge in [-0.2, -0.15) is 4.98 Å². The first-order valence-corrected chi connectivity index (χ1v) is 9.71. The van der Waals surface area contributed by atoms with E-state index in [4.69, 9.17) is 4.74 Å². The lowest BCUT2D eigenvalue weighted by Gasteiger charge is -2.08. The number of fused-ring (bicyclic) bond motifs is 2. The molecule has 0 atom stereocenters. The van der Waals surface area contributed by atoms with Crippen LogP contribution in [0.3, 0.4) is 0 Å². The van der Waals surface area contributed by atoms with Crippen LogP contribution in [0.2, 0.25) is 0 Å². The Morgan fingerprint density at radius 3 is 2.93 bits per heavy atom. The van der Waals surface area contributed by atoms with Gasteiger partial charge in [0.1, 0.15) is 5.82 Å². The van der Waals surface area contributed by atoms with E-state index in [1.54, 1.807) is 17.6 Å². The monoisotopic (exact) mass is 390 g/mol. The van der Waals surface area contributed by atoms with Gasteiger partial charge in [0.2, 0.25) is 5.88 Å². The van der Waals surface area contributed by atoms with Crippen molar-refractivity contribution in [3.05, 3.63) is 71.6 Å². The van der Waals surface area contributed by atoms with Crippen LogP contribution in [-0.4, -0.2) is 26.5 Å². The highest BCUT2D eigenvalue weighted by Crippen LogP contribution is 2.28. The van der Waals surface area contributed by atoms with Crippen molar-refractivity contribution in [3.8, 4) is 17.3 Å². The van der Waals surface area contributed by atoms with E-state index in [-0.39, 0.29) is 5.82 Å². The smallest absolute Gasteiger partial charge is 0.245 e. The number of para-hydroxylation sites is 1. The number of aromatic nitrogens is 4. The SMILES string of the molecule is Fc1cccc(-c2nc(OCCc3c[nH]c4ccccc34)c3ncsc3n2)c1. The molecule has 0 amide bonds. The summed E-state index contributed by atoms with van der Waals surface area (Å²) in [6.07, 6.45) is 2.74. The van der Waals surface area contributed by atoms with E-state index in [2.05, 4.69) is 26.0 Å². The van der Waals surface area contributed by atoms with Crippen LogP contribution in [0, 0.1) is 5.82 Å². The minimum Gasteiger partial charge on any atom is -0.476 e. The Labute approximate surface area is 163 Å². The summed E-state index contributed by atoms with van der Waals surface area (Å²) < 4.78 is 19.6. The van der Waals surface area contributed by atoms with E-state index in [0.717, 1.165) is 16.8 Å². The highest BCUT2D eigenvalue weighted by molar-refractivity contribution is 7.16. The zero-order valence-electron chi connectivity index (χ0n) is 14.7. The Hall–Kier alpha value is -3.32. The molecule has 2 aromatic carbocycles. The Balaban J connectivity index is 1.43. The van der Waals surface area contributed by atoms with Crippen LogP contribution in [0.25, 0.3) is 32.6 Å². The van der Waals surface area contributed by atoms with Crippen LogP contribution in [0.5, 0.6) is 5.88 Å². The lowest BCUT2D eigenvalue weighted by Crippen LogP contribution is -2.04. The summed E-state index contributed by atoms with van der Waals surface area (Å²) in [4.78, 5) is 17.3. The average molecular weight is 390 g/mol. The number of hydrogen-bond acceptors (Lipinski definition) is 5. The Morgan fingerprint density at radius 1 is 1.07 bits per heavy atom. The summed E-state index contributed by atoms with van der Waals surface area (Å²) in [5.41, 5.74) is 5.24. The van der Waals surface area contributed by atoms with Gasteiger partial charge in [-0.3, -0.25) is 0 Å². The molecule has 3 aromatic heterocycles. The molecule has 0 bridgehead atoms. The molecule has 1 N–H and O–H groups in total. The maximum Gasteiger partial charge on any atom is 0.245 e. The van der Waals surface area contributed by atoms with Crippen molar-refractivity contribution < 1.29 is 9.13 Å². The van der Waals surface area contributed by atoms with Crippen molar-refractivity contribution in [2.75, 3.05) is 6.61 Å². The molecular formula is C21H15FN4OS. The maximum absolute atomic E-state index is 13.6. The number of thiazole rings is 1. The predicted molar refractivity (Wildman–Crippen MR) is 108 cm³/mol. The van der Waals surface area contributed by atoms with Gasteiger partial charge in [0.05, 0.1) is 12.1 Å². The van der Waals surface area contributed by atoms with Gasteiger partial charge >= 0.3 is 0 Å². The van der Waals surface area contributed by atoms with Gasteiger partial charge in [-0.1, -0.05) is 30.3 Å². The van der Waals surface area contributed by atoms with E-state index < -0.39 is 0 Å². The van der Waals surface area contributed by atoms with Gasteiger partial charge in [-0.05, 0) is 23.8 Å². The molecule has 0 aliphatic carbocycles. The zero-order chi connectivity index (χ0) is 18.9. The van der Waals surface area contributed by atoms with Gasteiger partial charge in [-0.15, -0.1) is 11.3 Å². The van der Waals surface area contributed by atoms with Crippen molar-refractivity contribution in [3.63, 3.8) is 0 Å². The lowest BCUT2D eigenvalue weighted by molar-refractivity contribution is 0.313. The minimum absolute atomic E-state index is 0.327. The van der Waals surface area contributed by atoms with Crippen LogP contribution >= 0.6 is 11.3 Å². The molecule has 5 aromatic rings. The van der Waals surface area contributed by atoms with E-state index >= 15 is 0 Å². The summed E-state index contributed by atoms with van der Waals surface area (Å²) in [5, 5.41) is 1.19. The van der Waals surface area contributed by atoms with Crippen molar-refractivity contribution in [2.45, 2.75) is 6.42 Å². The number of halogens is 1. The number of aromatic amines is 1. The zero-order valence-corrected chi connectivity index (χ0v) is 15.5. The maximum atomic E-state index is 13.6. The van der Waals surface area contributed by atoms with Crippen LogP contribution in [0.15, 0.2) is 60.2 Å². The first-order valence-electron chi connectivity index (χ1n) is 8.83. The summed E-state index contributed by atoms with van der Waals surface area (Å²) >= 11 is 1.41. The Bertz CT molecular complexity index is 1280. The fourth-order valence-corrected chi connectivity index (χ4v) is 3.84. The van der Waals surface area contributed by atoms with Crippen LogP contribution in [0.1, 0.15) is 5.56 Å². The molecule has 28 heavy (non-hydrogen) atoms. The third-order valence-electron chi connectivity index (χ3n) is 4.53. The fourth-order valence-electron chi connectivity index (χ4n) is 3.19. The normalized spacial score (nSPS) is 11.3. The third kappa shape index (κ3) is 3.10. The minimum atomic E-state index is -0.327. The number of hydrogen-bond donors (Lipinski definition) is 1. The number of ether oxygens (including phenoxy) is 1. The van der Waals surface area contributed by atoms with Crippen molar-refractivity contribution in [2.24, 2.45) is 0 Å². The summed E-state index contributed by atoms with van der Waals surface area (Å²) in [5.74, 6) is 0.524. The van der Waals surface area contributed by atoms with Gasteiger partial charge in [0.15, 0.2) is 16.2 Å². The van der Waals surface area contributed by atoms with Crippen molar-refractivity contribution >= 4 is 32.6 Å². The molecule has 0 fully saturated rings. The topological polar surface area (TPSA) is 63.7 Å². The Kier molecular flexibility index (Phi) is 4.21. The molecule has 0 aliphatic rings. The number of benzene rings is 2. The highest BCUT2D eigenvalue weighted by Gasteiger charge is 2.14. The molecule has 0 unspecified atom stereocenters. The first kappa shape index (κ1) is 16.8. The summed E-state index contributed by atoms with van der Waals surface area (Å²) in [6, 6.07) is 14.4. The Morgan fingerprint density at radius 2 is 2.00 bits per heavy atom.